The number of carbonyl (C=O) groups is 2. The van der Waals surface area contributed by atoms with Crippen LogP contribution in [0.15, 0.2) is 42.7 Å². The molecule has 130 valence electrons. The average Bonchev–Trinajstić information content (AvgIpc) is 2.89. The highest BCUT2D eigenvalue weighted by atomic mass is 35.5. The van der Waals surface area contributed by atoms with Crippen molar-refractivity contribution in [2.24, 2.45) is 0 Å². The zero-order valence-electron chi connectivity index (χ0n) is 13.5. The fraction of sp³-hybridized carbons (Fsp3) is 0.278. The van der Waals surface area contributed by atoms with E-state index in [4.69, 9.17) is 23.2 Å². The third kappa shape index (κ3) is 4.11. The van der Waals surface area contributed by atoms with E-state index in [1.807, 2.05) is 0 Å². The molecule has 0 radical (unpaired) electrons. The van der Waals surface area contributed by atoms with E-state index in [1.165, 1.54) is 0 Å². The smallest absolute Gasteiger partial charge is 0.255 e. The van der Waals surface area contributed by atoms with Crippen LogP contribution in [0.2, 0.25) is 10.0 Å². The Morgan fingerprint density at radius 2 is 1.56 bits per heavy atom. The SMILES string of the molecule is O=C(c1cccnc1)N1CCCN(C(=O)c2ccc(Cl)c(Cl)c2)CC1. The molecule has 3 rings (SSSR count). The Labute approximate surface area is 156 Å². The molecule has 0 bridgehead atoms. The van der Waals surface area contributed by atoms with Crippen LogP contribution in [0, 0.1) is 0 Å². The van der Waals surface area contributed by atoms with Crippen molar-refractivity contribution in [3.8, 4) is 0 Å². The minimum absolute atomic E-state index is 0.0584. The lowest BCUT2D eigenvalue weighted by molar-refractivity contribution is 0.0718. The summed E-state index contributed by atoms with van der Waals surface area (Å²) in [6, 6.07) is 8.35. The summed E-state index contributed by atoms with van der Waals surface area (Å²) in [7, 11) is 0. The average molecular weight is 378 g/mol. The molecule has 2 aromatic rings. The molecule has 0 saturated carbocycles. The van der Waals surface area contributed by atoms with E-state index in [9.17, 15) is 9.59 Å². The monoisotopic (exact) mass is 377 g/mol. The van der Waals surface area contributed by atoms with Crippen molar-refractivity contribution in [2.45, 2.75) is 6.42 Å². The van der Waals surface area contributed by atoms with Crippen LogP contribution in [-0.2, 0) is 0 Å². The van der Waals surface area contributed by atoms with E-state index in [-0.39, 0.29) is 11.8 Å². The summed E-state index contributed by atoms with van der Waals surface area (Å²) in [5.41, 5.74) is 1.06. The summed E-state index contributed by atoms with van der Waals surface area (Å²) in [4.78, 5) is 32.7. The van der Waals surface area contributed by atoms with E-state index in [0.29, 0.717) is 47.4 Å². The summed E-state index contributed by atoms with van der Waals surface area (Å²) in [6.07, 6.45) is 3.92. The van der Waals surface area contributed by atoms with E-state index in [1.54, 1.807) is 52.5 Å². The molecule has 25 heavy (non-hydrogen) atoms. The van der Waals surface area contributed by atoms with Gasteiger partial charge in [-0.3, -0.25) is 14.6 Å². The minimum Gasteiger partial charge on any atom is -0.337 e. The van der Waals surface area contributed by atoms with Crippen LogP contribution in [0.4, 0.5) is 0 Å². The van der Waals surface area contributed by atoms with E-state index in [2.05, 4.69) is 4.98 Å². The zero-order valence-corrected chi connectivity index (χ0v) is 15.0. The summed E-state index contributed by atoms with van der Waals surface area (Å²) in [5, 5.41) is 0.776. The molecule has 1 aliphatic heterocycles. The van der Waals surface area contributed by atoms with Crippen LogP contribution >= 0.6 is 23.2 Å². The first-order valence-electron chi connectivity index (χ1n) is 8.00. The molecule has 0 spiro atoms. The number of aromatic nitrogens is 1. The fourth-order valence-corrected chi connectivity index (χ4v) is 3.11. The molecule has 0 N–H and O–H groups in total. The second-order valence-corrected chi connectivity index (χ2v) is 6.62. The summed E-state index contributed by atoms with van der Waals surface area (Å²) >= 11 is 11.9. The van der Waals surface area contributed by atoms with Gasteiger partial charge in [0.2, 0.25) is 0 Å². The lowest BCUT2D eigenvalue weighted by Gasteiger charge is -2.22. The Morgan fingerprint density at radius 3 is 2.16 bits per heavy atom. The van der Waals surface area contributed by atoms with Gasteiger partial charge in [-0.05, 0) is 36.8 Å². The van der Waals surface area contributed by atoms with Gasteiger partial charge in [-0.25, -0.2) is 0 Å². The predicted octanol–water partition coefficient (Wildman–Crippen LogP) is 3.38. The molecule has 2 amide bonds. The van der Waals surface area contributed by atoms with Crippen molar-refractivity contribution in [1.82, 2.24) is 14.8 Å². The second kappa shape index (κ2) is 7.85. The molecule has 1 saturated heterocycles. The normalized spacial score (nSPS) is 15.0. The topological polar surface area (TPSA) is 53.5 Å². The summed E-state index contributed by atoms with van der Waals surface area (Å²) < 4.78 is 0. The van der Waals surface area contributed by atoms with E-state index >= 15 is 0 Å². The first-order chi connectivity index (χ1) is 12.1. The van der Waals surface area contributed by atoms with Crippen molar-refractivity contribution in [2.75, 3.05) is 26.2 Å². The summed E-state index contributed by atoms with van der Waals surface area (Å²) in [5.74, 6) is -0.161. The molecule has 1 aromatic heterocycles. The van der Waals surface area contributed by atoms with Crippen molar-refractivity contribution in [1.29, 1.82) is 0 Å². The number of halogens is 2. The van der Waals surface area contributed by atoms with Gasteiger partial charge in [-0.1, -0.05) is 23.2 Å². The van der Waals surface area contributed by atoms with E-state index in [0.717, 1.165) is 6.42 Å². The van der Waals surface area contributed by atoms with Gasteiger partial charge in [0.25, 0.3) is 11.8 Å². The quantitative estimate of drug-likeness (QED) is 0.805. The van der Waals surface area contributed by atoms with Gasteiger partial charge in [-0.2, -0.15) is 0 Å². The van der Waals surface area contributed by atoms with Crippen molar-refractivity contribution >= 4 is 35.0 Å². The standard InChI is InChI=1S/C18H17Cl2N3O2/c19-15-5-4-13(11-16(15)20)17(24)22-7-2-8-23(10-9-22)18(25)14-3-1-6-21-12-14/h1,3-6,11-12H,2,7-10H2. The maximum Gasteiger partial charge on any atom is 0.255 e. The predicted molar refractivity (Wildman–Crippen MR) is 97.1 cm³/mol. The van der Waals surface area contributed by atoms with Crippen LogP contribution in [0.25, 0.3) is 0 Å². The number of benzene rings is 1. The number of nitrogens with zero attached hydrogens (tertiary/aromatic N) is 3. The molecule has 1 aliphatic rings. The van der Waals surface area contributed by atoms with Crippen LogP contribution in [0.1, 0.15) is 27.1 Å². The first kappa shape index (κ1) is 17.7. The number of rotatable bonds is 2. The van der Waals surface area contributed by atoms with Gasteiger partial charge < -0.3 is 9.80 Å². The zero-order chi connectivity index (χ0) is 17.8. The maximum absolute atomic E-state index is 12.7. The highest BCUT2D eigenvalue weighted by Crippen LogP contribution is 2.23. The molecular weight excluding hydrogens is 361 g/mol. The largest absolute Gasteiger partial charge is 0.337 e. The molecule has 2 heterocycles. The van der Waals surface area contributed by atoms with Gasteiger partial charge in [0.15, 0.2) is 0 Å². The van der Waals surface area contributed by atoms with Crippen LogP contribution in [0.3, 0.4) is 0 Å². The molecule has 0 unspecified atom stereocenters. The van der Waals surface area contributed by atoms with Crippen molar-refractivity contribution in [3.05, 3.63) is 63.9 Å². The van der Waals surface area contributed by atoms with Gasteiger partial charge in [0, 0.05) is 44.1 Å². The van der Waals surface area contributed by atoms with Crippen molar-refractivity contribution in [3.63, 3.8) is 0 Å². The van der Waals surface area contributed by atoms with Gasteiger partial charge >= 0.3 is 0 Å². The molecular formula is C18H17Cl2N3O2. The number of hydrogen-bond donors (Lipinski definition) is 0. The number of hydrogen-bond acceptors (Lipinski definition) is 3. The summed E-state index contributed by atoms with van der Waals surface area (Å²) in [6.45, 7) is 2.17. The fourth-order valence-electron chi connectivity index (χ4n) is 2.81. The van der Waals surface area contributed by atoms with Gasteiger partial charge in [-0.15, -0.1) is 0 Å². The molecule has 1 fully saturated rings. The number of amides is 2. The van der Waals surface area contributed by atoms with E-state index < -0.39 is 0 Å². The Bertz CT molecular complexity index is 783. The van der Waals surface area contributed by atoms with Crippen LogP contribution in [0.5, 0.6) is 0 Å². The van der Waals surface area contributed by atoms with Crippen LogP contribution < -0.4 is 0 Å². The van der Waals surface area contributed by atoms with Gasteiger partial charge in [0.05, 0.1) is 15.6 Å². The molecule has 1 aromatic carbocycles. The Morgan fingerprint density at radius 1 is 0.880 bits per heavy atom. The Kier molecular flexibility index (Phi) is 5.56. The number of pyridine rings is 1. The molecule has 0 atom stereocenters. The van der Waals surface area contributed by atoms with Gasteiger partial charge in [0.1, 0.15) is 0 Å². The minimum atomic E-state index is -0.103. The third-order valence-corrected chi connectivity index (χ3v) is 4.88. The number of carbonyl (C=O) groups excluding carboxylic acids is 2. The highest BCUT2D eigenvalue weighted by Gasteiger charge is 2.23. The Balaban J connectivity index is 1.68. The molecule has 5 nitrogen and oxygen atoms in total. The second-order valence-electron chi connectivity index (χ2n) is 5.81. The van der Waals surface area contributed by atoms with Crippen molar-refractivity contribution < 1.29 is 9.59 Å². The molecule has 0 aliphatic carbocycles. The lowest BCUT2D eigenvalue weighted by Crippen LogP contribution is -2.37. The maximum atomic E-state index is 12.7. The molecule has 7 heteroatoms. The third-order valence-electron chi connectivity index (χ3n) is 4.15. The lowest BCUT2D eigenvalue weighted by atomic mass is 10.2. The Hall–Kier alpha value is -2.11. The van der Waals surface area contributed by atoms with Crippen LogP contribution in [-0.4, -0.2) is 52.8 Å². The first-order valence-corrected chi connectivity index (χ1v) is 8.75. The highest BCUT2D eigenvalue weighted by molar-refractivity contribution is 6.42.